The van der Waals surface area contributed by atoms with Gasteiger partial charge in [0.2, 0.25) is 5.91 Å². The normalized spacial score (nSPS) is 13.1. The number of carbonyl (C=O) groups is 1. The van der Waals surface area contributed by atoms with E-state index in [9.17, 15) is 9.59 Å². The fraction of sp³-hybridized carbons (Fsp3) is 0.333. The number of amides is 1. The summed E-state index contributed by atoms with van der Waals surface area (Å²) in [5, 5.41) is 12.0. The number of fused-ring (bicyclic) bond motifs is 2. The Morgan fingerprint density at radius 1 is 1.28 bits per heavy atom. The minimum Gasteiger partial charge on any atom is -0.356 e. The van der Waals surface area contributed by atoms with Crippen molar-refractivity contribution in [2.75, 3.05) is 6.54 Å². The maximum absolute atomic E-state index is 12.1. The SMILES string of the molecule is O=C(Cc1noc2ccccc12)NCCn1nc2c(cc1=O)CCC2. The first kappa shape index (κ1) is 15.6. The van der Waals surface area contributed by atoms with E-state index in [-0.39, 0.29) is 17.9 Å². The van der Waals surface area contributed by atoms with Gasteiger partial charge in [-0.15, -0.1) is 0 Å². The molecule has 7 heteroatoms. The summed E-state index contributed by atoms with van der Waals surface area (Å²) in [4.78, 5) is 24.1. The van der Waals surface area contributed by atoms with Crippen molar-refractivity contribution >= 4 is 16.9 Å². The van der Waals surface area contributed by atoms with E-state index in [2.05, 4.69) is 15.6 Å². The van der Waals surface area contributed by atoms with Crippen LogP contribution in [0.25, 0.3) is 11.0 Å². The molecule has 25 heavy (non-hydrogen) atoms. The van der Waals surface area contributed by atoms with E-state index >= 15 is 0 Å². The summed E-state index contributed by atoms with van der Waals surface area (Å²) in [5.74, 6) is -0.159. The van der Waals surface area contributed by atoms with Gasteiger partial charge >= 0.3 is 0 Å². The molecule has 0 saturated heterocycles. The minimum absolute atomic E-state index is 0.114. The molecule has 2 aromatic heterocycles. The molecule has 0 aliphatic heterocycles. The van der Waals surface area contributed by atoms with E-state index in [0.717, 1.165) is 35.9 Å². The Morgan fingerprint density at radius 2 is 2.16 bits per heavy atom. The van der Waals surface area contributed by atoms with Crippen molar-refractivity contribution in [2.45, 2.75) is 32.2 Å². The molecule has 1 aliphatic rings. The van der Waals surface area contributed by atoms with Gasteiger partial charge in [-0.05, 0) is 37.0 Å². The molecule has 0 bridgehead atoms. The van der Waals surface area contributed by atoms with Crippen molar-refractivity contribution in [1.29, 1.82) is 0 Å². The predicted octanol–water partition coefficient (Wildman–Crippen LogP) is 1.23. The maximum atomic E-state index is 12.1. The molecule has 1 aliphatic carbocycles. The van der Waals surface area contributed by atoms with Crippen LogP contribution in [0.2, 0.25) is 0 Å². The number of hydrogen-bond acceptors (Lipinski definition) is 5. The van der Waals surface area contributed by atoms with Crippen molar-refractivity contribution in [2.24, 2.45) is 0 Å². The molecule has 0 saturated carbocycles. The van der Waals surface area contributed by atoms with Gasteiger partial charge in [0.1, 0.15) is 5.69 Å². The Kier molecular flexibility index (Phi) is 4.05. The summed E-state index contributed by atoms with van der Waals surface area (Å²) in [6.07, 6.45) is 3.04. The van der Waals surface area contributed by atoms with Crippen LogP contribution in [0, 0.1) is 0 Å². The zero-order valence-corrected chi connectivity index (χ0v) is 13.7. The van der Waals surface area contributed by atoms with Gasteiger partial charge in [0, 0.05) is 18.0 Å². The number of aromatic nitrogens is 3. The average molecular weight is 338 g/mol. The third kappa shape index (κ3) is 3.17. The van der Waals surface area contributed by atoms with E-state index in [4.69, 9.17) is 4.52 Å². The standard InChI is InChI=1S/C18H18N4O3/c23-17(11-15-13-5-1-2-7-16(13)25-21-15)19-8-9-22-18(24)10-12-4-3-6-14(12)20-22/h1-2,5,7,10H,3-4,6,8-9,11H2,(H,19,23). The monoisotopic (exact) mass is 338 g/mol. The van der Waals surface area contributed by atoms with Gasteiger partial charge in [0.15, 0.2) is 5.58 Å². The molecule has 1 aromatic carbocycles. The highest BCUT2D eigenvalue weighted by Gasteiger charge is 2.15. The van der Waals surface area contributed by atoms with Crippen molar-refractivity contribution < 1.29 is 9.32 Å². The summed E-state index contributed by atoms with van der Waals surface area (Å²) in [6.45, 7) is 0.706. The van der Waals surface area contributed by atoms with Gasteiger partial charge in [-0.1, -0.05) is 17.3 Å². The summed E-state index contributed by atoms with van der Waals surface area (Å²) < 4.78 is 6.62. The first-order valence-corrected chi connectivity index (χ1v) is 8.40. The van der Waals surface area contributed by atoms with Crippen LogP contribution in [0.1, 0.15) is 23.4 Å². The third-order valence-electron chi connectivity index (χ3n) is 4.45. The fourth-order valence-corrected chi connectivity index (χ4v) is 3.18. The first-order chi connectivity index (χ1) is 12.2. The van der Waals surface area contributed by atoms with Crippen LogP contribution in [0.15, 0.2) is 39.6 Å². The molecule has 2 heterocycles. The van der Waals surface area contributed by atoms with Gasteiger partial charge in [-0.3, -0.25) is 9.59 Å². The molecule has 4 rings (SSSR count). The van der Waals surface area contributed by atoms with Crippen LogP contribution in [-0.4, -0.2) is 27.4 Å². The lowest BCUT2D eigenvalue weighted by Gasteiger charge is -2.08. The number of aryl methyl sites for hydroxylation is 2. The molecule has 0 radical (unpaired) electrons. The van der Waals surface area contributed by atoms with Crippen LogP contribution < -0.4 is 10.9 Å². The number of hydrogen-bond donors (Lipinski definition) is 1. The lowest BCUT2D eigenvalue weighted by atomic mass is 10.1. The van der Waals surface area contributed by atoms with Gasteiger partial charge in [0.25, 0.3) is 5.56 Å². The molecule has 1 N–H and O–H groups in total. The second kappa shape index (κ2) is 6.51. The highest BCUT2D eigenvalue weighted by atomic mass is 16.5. The zero-order chi connectivity index (χ0) is 17.2. The van der Waals surface area contributed by atoms with Crippen molar-refractivity contribution in [1.82, 2.24) is 20.3 Å². The lowest BCUT2D eigenvalue weighted by molar-refractivity contribution is -0.120. The van der Waals surface area contributed by atoms with E-state index in [1.165, 1.54) is 4.68 Å². The smallest absolute Gasteiger partial charge is 0.267 e. The van der Waals surface area contributed by atoms with Gasteiger partial charge in [0.05, 0.1) is 18.7 Å². The van der Waals surface area contributed by atoms with Crippen LogP contribution in [0.3, 0.4) is 0 Å². The molecule has 7 nitrogen and oxygen atoms in total. The quantitative estimate of drug-likeness (QED) is 0.756. The van der Waals surface area contributed by atoms with E-state index in [0.29, 0.717) is 24.4 Å². The van der Waals surface area contributed by atoms with Crippen LogP contribution in [0.5, 0.6) is 0 Å². The summed E-state index contributed by atoms with van der Waals surface area (Å²) >= 11 is 0. The Balaban J connectivity index is 1.36. The van der Waals surface area contributed by atoms with Crippen molar-refractivity contribution in [3.8, 4) is 0 Å². The summed E-state index contributed by atoms with van der Waals surface area (Å²) in [6, 6.07) is 9.10. The average Bonchev–Trinajstić information content (AvgIpc) is 3.22. The predicted molar refractivity (Wildman–Crippen MR) is 91.2 cm³/mol. The van der Waals surface area contributed by atoms with Crippen LogP contribution in [-0.2, 0) is 30.6 Å². The molecule has 128 valence electrons. The first-order valence-electron chi connectivity index (χ1n) is 8.40. The number of nitrogens with zero attached hydrogens (tertiary/aromatic N) is 3. The Morgan fingerprint density at radius 3 is 3.08 bits per heavy atom. The molecule has 0 atom stereocenters. The molecule has 0 spiro atoms. The topological polar surface area (TPSA) is 90.0 Å². The number of carbonyl (C=O) groups excluding carboxylic acids is 1. The van der Waals surface area contributed by atoms with Gasteiger partial charge in [-0.2, -0.15) is 5.10 Å². The van der Waals surface area contributed by atoms with Crippen LogP contribution >= 0.6 is 0 Å². The second-order valence-corrected chi connectivity index (χ2v) is 6.18. The number of benzene rings is 1. The largest absolute Gasteiger partial charge is 0.356 e. The third-order valence-corrected chi connectivity index (χ3v) is 4.45. The van der Waals surface area contributed by atoms with E-state index in [1.54, 1.807) is 6.07 Å². The van der Waals surface area contributed by atoms with E-state index in [1.807, 2.05) is 24.3 Å². The molecule has 1 amide bonds. The highest BCUT2D eigenvalue weighted by molar-refractivity contribution is 5.86. The zero-order valence-electron chi connectivity index (χ0n) is 13.7. The van der Waals surface area contributed by atoms with Gasteiger partial charge in [-0.25, -0.2) is 4.68 Å². The van der Waals surface area contributed by atoms with Crippen molar-refractivity contribution in [3.05, 3.63) is 57.6 Å². The maximum Gasteiger partial charge on any atom is 0.267 e. The molecule has 0 fully saturated rings. The second-order valence-electron chi connectivity index (χ2n) is 6.18. The van der Waals surface area contributed by atoms with Crippen LogP contribution in [0.4, 0.5) is 0 Å². The Labute approximate surface area is 143 Å². The highest BCUT2D eigenvalue weighted by Crippen LogP contribution is 2.18. The molecule has 3 aromatic rings. The lowest BCUT2D eigenvalue weighted by Crippen LogP contribution is -2.33. The van der Waals surface area contributed by atoms with E-state index < -0.39 is 0 Å². The minimum atomic E-state index is -0.159. The molecular formula is C18H18N4O3. The fourth-order valence-electron chi connectivity index (χ4n) is 3.18. The molecule has 0 unspecified atom stereocenters. The number of nitrogens with one attached hydrogen (secondary N) is 1. The number of rotatable bonds is 5. The van der Waals surface area contributed by atoms with Gasteiger partial charge < -0.3 is 9.84 Å². The number of para-hydroxylation sites is 1. The Bertz CT molecular complexity index is 989. The summed E-state index contributed by atoms with van der Waals surface area (Å²) in [7, 11) is 0. The molecular weight excluding hydrogens is 320 g/mol. The van der Waals surface area contributed by atoms with Crippen molar-refractivity contribution in [3.63, 3.8) is 0 Å². The summed E-state index contributed by atoms with van der Waals surface area (Å²) in [5.41, 5.74) is 3.22. The Hall–Kier alpha value is -2.96.